The number of carbonyl (C=O) groups excluding carboxylic acids is 1. The largest absolute Gasteiger partial charge is 0.478 e. The second-order valence-electron chi connectivity index (χ2n) is 12.5. The second kappa shape index (κ2) is 12.1. The number of carboxylic acids is 1. The van der Waals surface area contributed by atoms with Crippen LogP contribution in [0.3, 0.4) is 0 Å². The maximum Gasteiger partial charge on any atom is 0.345 e. The number of nitrogens with one attached hydrogen (secondary N) is 1. The van der Waals surface area contributed by atoms with E-state index >= 15 is 0 Å². The number of carboxylic acid groups (broad SMARTS) is 1. The van der Waals surface area contributed by atoms with Crippen molar-refractivity contribution in [3.8, 4) is 5.75 Å². The highest BCUT2D eigenvalue weighted by atomic mass is 79.9. The molecule has 4 aromatic carbocycles. The Morgan fingerprint density at radius 2 is 1.46 bits per heavy atom. The highest BCUT2D eigenvalue weighted by Crippen LogP contribution is 2.35. The number of halogens is 1. The summed E-state index contributed by atoms with van der Waals surface area (Å²) in [7, 11) is 0. The van der Waals surface area contributed by atoms with Crippen LogP contribution in [0, 0.1) is 0 Å². The zero-order chi connectivity index (χ0) is 29.9. The topological polar surface area (TPSA) is 75.6 Å². The minimum Gasteiger partial charge on any atom is -0.478 e. The third kappa shape index (κ3) is 7.56. The van der Waals surface area contributed by atoms with Gasteiger partial charge in [0, 0.05) is 18.5 Å². The molecule has 0 heterocycles. The van der Waals surface area contributed by atoms with Gasteiger partial charge in [-0.25, -0.2) is 4.79 Å². The van der Waals surface area contributed by atoms with E-state index in [1.54, 1.807) is 6.07 Å². The van der Waals surface area contributed by atoms with Gasteiger partial charge in [0.2, 0.25) is 0 Å². The third-order valence-corrected chi connectivity index (χ3v) is 7.99. The molecule has 0 aliphatic heterocycles. The summed E-state index contributed by atoms with van der Waals surface area (Å²) in [5.41, 5.74) is 4.64. The number of fused-ring (bicyclic) bond motifs is 1. The van der Waals surface area contributed by atoms with Crippen LogP contribution in [0.1, 0.15) is 74.2 Å². The monoisotopic (exact) mass is 615 g/mol. The number of carbonyl (C=O) groups is 2. The molecule has 0 saturated carbocycles. The normalized spacial score (nSPS) is 12.7. The summed E-state index contributed by atoms with van der Waals surface area (Å²) in [5.74, 6) is -0.658. The predicted molar refractivity (Wildman–Crippen MR) is 169 cm³/mol. The van der Waals surface area contributed by atoms with E-state index in [9.17, 15) is 14.7 Å². The van der Waals surface area contributed by atoms with Gasteiger partial charge in [0.25, 0.3) is 5.91 Å². The van der Waals surface area contributed by atoms with Gasteiger partial charge < -0.3 is 15.2 Å². The summed E-state index contributed by atoms with van der Waals surface area (Å²) in [4.78, 5) is 25.2. The number of hydrogen-bond donors (Lipinski definition) is 2. The molecule has 0 saturated heterocycles. The van der Waals surface area contributed by atoms with Crippen LogP contribution in [0.15, 0.2) is 83.3 Å². The lowest BCUT2D eigenvalue weighted by Crippen LogP contribution is -2.29. The van der Waals surface area contributed by atoms with Crippen molar-refractivity contribution in [1.82, 2.24) is 5.32 Å². The molecular formula is C35H38BrNO4. The van der Waals surface area contributed by atoms with E-state index in [2.05, 4.69) is 68.9 Å². The summed E-state index contributed by atoms with van der Waals surface area (Å²) >= 11 is 3.62. The van der Waals surface area contributed by atoms with Crippen LogP contribution in [0.2, 0.25) is 0 Å². The van der Waals surface area contributed by atoms with Crippen molar-refractivity contribution >= 4 is 38.6 Å². The fourth-order valence-electron chi connectivity index (χ4n) is 4.59. The van der Waals surface area contributed by atoms with Crippen LogP contribution in [-0.2, 0) is 28.6 Å². The van der Waals surface area contributed by atoms with E-state index in [1.807, 2.05) is 66.7 Å². The number of hydrogen-bond acceptors (Lipinski definition) is 3. The Hall–Kier alpha value is -3.64. The summed E-state index contributed by atoms with van der Waals surface area (Å²) < 4.78 is 6.63. The Balaban J connectivity index is 1.51. The van der Waals surface area contributed by atoms with E-state index in [4.69, 9.17) is 4.74 Å². The Morgan fingerprint density at radius 1 is 0.829 bits per heavy atom. The molecule has 0 spiro atoms. The number of amides is 1. The standard InChI is InChI=1S/C35H38BrNO4/c1-34(2,3)26-18-25(19-27(20-26)35(4,5)6)32(38)37-21-23-12-14-28-24(16-23)13-15-29(31(28)36)41-30(33(39)40)17-22-10-8-7-9-11-22/h7-16,18-20,30H,17,21H2,1-6H3,(H,37,38)(H,39,40). The van der Waals surface area contributed by atoms with Gasteiger partial charge in [-0.3, -0.25) is 4.79 Å². The molecule has 5 nitrogen and oxygen atoms in total. The van der Waals surface area contributed by atoms with Gasteiger partial charge >= 0.3 is 5.97 Å². The van der Waals surface area contributed by atoms with Gasteiger partial charge in [-0.2, -0.15) is 0 Å². The van der Waals surface area contributed by atoms with Crippen molar-refractivity contribution < 1.29 is 19.4 Å². The van der Waals surface area contributed by atoms with Gasteiger partial charge in [-0.1, -0.05) is 96.1 Å². The van der Waals surface area contributed by atoms with Crippen molar-refractivity contribution in [3.05, 3.63) is 111 Å². The van der Waals surface area contributed by atoms with Crippen molar-refractivity contribution in [3.63, 3.8) is 0 Å². The lowest BCUT2D eigenvalue weighted by Gasteiger charge is -2.26. The molecule has 1 unspecified atom stereocenters. The Morgan fingerprint density at radius 3 is 2.05 bits per heavy atom. The molecule has 6 heteroatoms. The predicted octanol–water partition coefficient (Wildman–Crippen LogP) is 8.20. The average molecular weight is 617 g/mol. The van der Waals surface area contributed by atoms with E-state index in [1.165, 1.54) is 0 Å². The first kappa shape index (κ1) is 30.3. The van der Waals surface area contributed by atoms with Crippen LogP contribution < -0.4 is 10.1 Å². The Labute approximate surface area is 251 Å². The van der Waals surface area contributed by atoms with Crippen molar-refractivity contribution in [2.75, 3.05) is 0 Å². The highest BCUT2D eigenvalue weighted by Gasteiger charge is 2.23. The highest BCUT2D eigenvalue weighted by molar-refractivity contribution is 9.10. The number of aliphatic carboxylic acids is 1. The van der Waals surface area contributed by atoms with Gasteiger partial charge in [0.15, 0.2) is 6.10 Å². The van der Waals surface area contributed by atoms with E-state index in [0.717, 1.165) is 33.0 Å². The van der Waals surface area contributed by atoms with Crippen LogP contribution in [0.25, 0.3) is 10.8 Å². The van der Waals surface area contributed by atoms with Crippen LogP contribution >= 0.6 is 15.9 Å². The van der Waals surface area contributed by atoms with Gasteiger partial charge in [0.1, 0.15) is 5.75 Å². The van der Waals surface area contributed by atoms with Gasteiger partial charge in [-0.15, -0.1) is 0 Å². The average Bonchev–Trinajstić information content (AvgIpc) is 2.92. The zero-order valence-corrected chi connectivity index (χ0v) is 26.1. The summed E-state index contributed by atoms with van der Waals surface area (Å²) in [6.07, 6.45) is -0.758. The molecule has 214 valence electrons. The molecule has 4 aromatic rings. The number of benzene rings is 4. The first-order chi connectivity index (χ1) is 19.2. The molecule has 0 aromatic heterocycles. The first-order valence-electron chi connectivity index (χ1n) is 13.8. The summed E-state index contributed by atoms with van der Waals surface area (Å²) in [6.45, 7) is 13.3. The Kier molecular flexibility index (Phi) is 8.93. The third-order valence-electron chi connectivity index (χ3n) is 7.17. The van der Waals surface area contributed by atoms with Crippen molar-refractivity contribution in [2.24, 2.45) is 0 Å². The second-order valence-corrected chi connectivity index (χ2v) is 13.3. The van der Waals surface area contributed by atoms with Gasteiger partial charge in [0.05, 0.1) is 4.47 Å². The minimum absolute atomic E-state index is 0.0728. The fraction of sp³-hybridized carbons (Fsp3) is 0.314. The van der Waals surface area contributed by atoms with Crippen LogP contribution in [-0.4, -0.2) is 23.1 Å². The molecule has 41 heavy (non-hydrogen) atoms. The number of rotatable bonds is 8. The molecule has 1 atom stereocenters. The quantitative estimate of drug-likeness (QED) is 0.209. The SMILES string of the molecule is CC(C)(C)c1cc(C(=O)NCc2ccc3c(Br)c(OC(Cc4ccccc4)C(=O)O)ccc3c2)cc(C(C)(C)C)c1. The molecule has 0 radical (unpaired) electrons. The van der Waals surface area contributed by atoms with E-state index in [-0.39, 0.29) is 23.2 Å². The summed E-state index contributed by atoms with van der Waals surface area (Å²) in [6, 6.07) is 25.3. The molecule has 0 fully saturated rings. The van der Waals surface area contributed by atoms with Crippen molar-refractivity contribution in [1.29, 1.82) is 0 Å². The molecular weight excluding hydrogens is 578 g/mol. The zero-order valence-electron chi connectivity index (χ0n) is 24.5. The lowest BCUT2D eigenvalue weighted by atomic mass is 9.79. The minimum atomic E-state index is -1.02. The van der Waals surface area contributed by atoms with Crippen LogP contribution in [0.5, 0.6) is 5.75 Å². The van der Waals surface area contributed by atoms with E-state index in [0.29, 0.717) is 22.3 Å². The lowest BCUT2D eigenvalue weighted by molar-refractivity contribution is -0.145. The van der Waals surface area contributed by atoms with Gasteiger partial charge in [-0.05, 0) is 84.1 Å². The molecule has 2 N–H and O–H groups in total. The molecule has 1 amide bonds. The Bertz CT molecular complexity index is 1530. The first-order valence-corrected chi connectivity index (χ1v) is 14.6. The fourth-order valence-corrected chi connectivity index (χ4v) is 5.18. The van der Waals surface area contributed by atoms with E-state index < -0.39 is 12.1 Å². The molecule has 0 bridgehead atoms. The maximum absolute atomic E-state index is 13.2. The maximum atomic E-state index is 13.2. The summed E-state index contributed by atoms with van der Waals surface area (Å²) in [5, 5.41) is 14.7. The smallest absolute Gasteiger partial charge is 0.345 e. The molecule has 0 aliphatic carbocycles. The molecule has 0 aliphatic rings. The van der Waals surface area contributed by atoms with Crippen molar-refractivity contribution in [2.45, 2.75) is 71.4 Å². The number of ether oxygens (including phenoxy) is 1. The van der Waals surface area contributed by atoms with Crippen LogP contribution in [0.4, 0.5) is 0 Å². The molecule has 4 rings (SSSR count).